The number of hydrogen-bond donors (Lipinski definition) is 0. The number of nitrogens with zero attached hydrogens (tertiary/aromatic N) is 8. The summed E-state index contributed by atoms with van der Waals surface area (Å²) in [6.45, 7) is 0. The van der Waals surface area contributed by atoms with E-state index >= 15 is 0 Å². The summed E-state index contributed by atoms with van der Waals surface area (Å²) in [6.07, 6.45) is 0. The smallest absolute Gasteiger partial charge is 0.164 e. The molecule has 0 aliphatic rings. The van der Waals surface area contributed by atoms with Gasteiger partial charge in [-0.2, -0.15) is 0 Å². The van der Waals surface area contributed by atoms with E-state index in [0.29, 0.717) is 34.9 Å². The van der Waals surface area contributed by atoms with Crippen LogP contribution in [0.3, 0.4) is 0 Å². The van der Waals surface area contributed by atoms with Crippen LogP contribution in [-0.2, 0) is 0 Å². The van der Waals surface area contributed by atoms with Crippen LogP contribution in [0.4, 0.5) is 0 Å². The van der Waals surface area contributed by atoms with Crippen molar-refractivity contribution in [2.75, 3.05) is 0 Å². The lowest BCUT2D eigenvalue weighted by Gasteiger charge is -2.12. The van der Waals surface area contributed by atoms with Crippen molar-refractivity contribution in [2.24, 2.45) is 0 Å². The molecule has 0 aliphatic heterocycles. The Kier molecular flexibility index (Phi) is 12.9. The molecule has 0 spiro atoms. The molecule has 20 rings (SSSR count). The zero-order valence-electron chi connectivity index (χ0n) is 51.4. The fourth-order valence-electron chi connectivity index (χ4n) is 14.2. The Labute approximate surface area is 553 Å². The summed E-state index contributed by atoms with van der Waals surface area (Å²) in [7, 11) is 0. The molecule has 0 N–H and O–H groups in total. The minimum Gasteiger partial charge on any atom is -0.454 e. The second kappa shape index (κ2) is 22.5. The second-order valence-electron chi connectivity index (χ2n) is 24.0. The standard InChI is InChI=1S/C43H26N4O.C43H26N4S/c2*1-3-13-27(14-4-1)41-44-42(28-15-5-2-6-16-28)46-43(45-41)29-23-25-30(26-24-29)47-35-21-11-9-19-33(35)37-31-17-7-8-18-32(31)38-34-20-10-12-22-36(34)48-40(38)39(37)47/h2*1-26H. The van der Waals surface area contributed by atoms with Gasteiger partial charge in [0.1, 0.15) is 5.58 Å². The average molecular weight is 1250 g/mol. The van der Waals surface area contributed by atoms with Crippen molar-refractivity contribution in [3.05, 3.63) is 315 Å². The molecular weight excluding hydrogens is 1190 g/mol. The minimum absolute atomic E-state index is 0.627. The number of para-hydroxylation sites is 3. The summed E-state index contributed by atoms with van der Waals surface area (Å²) in [4.78, 5) is 29.6. The van der Waals surface area contributed by atoms with Gasteiger partial charge in [0.15, 0.2) is 40.5 Å². The third kappa shape index (κ3) is 8.99. The number of furan rings is 1. The number of thiophene rings is 1. The van der Waals surface area contributed by atoms with Gasteiger partial charge < -0.3 is 13.6 Å². The first-order valence-corrected chi connectivity index (χ1v) is 32.9. The Bertz CT molecular complexity index is 5910. The highest BCUT2D eigenvalue weighted by molar-refractivity contribution is 7.27. The zero-order chi connectivity index (χ0) is 63.2. The molecule has 0 radical (unpaired) electrons. The Morgan fingerprint density at radius 1 is 0.240 bits per heavy atom. The van der Waals surface area contributed by atoms with Crippen LogP contribution in [0, 0.1) is 0 Å². The molecule has 0 amide bonds. The maximum Gasteiger partial charge on any atom is 0.164 e. The van der Waals surface area contributed by atoms with Gasteiger partial charge in [-0.25, -0.2) is 29.9 Å². The summed E-state index contributed by atoms with van der Waals surface area (Å²) >= 11 is 1.88. The van der Waals surface area contributed by atoms with Crippen molar-refractivity contribution in [3.8, 4) is 79.7 Å². The van der Waals surface area contributed by atoms with Crippen molar-refractivity contribution in [1.29, 1.82) is 0 Å². The zero-order valence-corrected chi connectivity index (χ0v) is 52.2. The van der Waals surface area contributed by atoms with Crippen LogP contribution in [-0.4, -0.2) is 39.0 Å². The van der Waals surface area contributed by atoms with Crippen molar-refractivity contribution >= 4 is 119 Å². The molecular formula is C86H52N8OS. The molecule has 0 saturated carbocycles. The molecule has 448 valence electrons. The lowest BCUT2D eigenvalue weighted by molar-refractivity contribution is 0.671. The lowest BCUT2D eigenvalue weighted by Crippen LogP contribution is -2.00. The first-order valence-electron chi connectivity index (χ1n) is 32.1. The highest BCUT2D eigenvalue weighted by atomic mass is 32.1. The molecule has 0 atom stereocenters. The van der Waals surface area contributed by atoms with Gasteiger partial charge in [0, 0.05) is 92.5 Å². The predicted molar refractivity (Wildman–Crippen MR) is 396 cm³/mol. The molecule has 0 unspecified atom stereocenters. The van der Waals surface area contributed by atoms with E-state index in [1.807, 2.05) is 139 Å². The molecule has 0 saturated heterocycles. The van der Waals surface area contributed by atoms with Gasteiger partial charge in [0.2, 0.25) is 0 Å². The Hall–Kier alpha value is -12.8. The van der Waals surface area contributed by atoms with E-state index in [0.717, 1.165) is 77.7 Å². The van der Waals surface area contributed by atoms with Crippen LogP contribution in [0.2, 0.25) is 0 Å². The largest absolute Gasteiger partial charge is 0.454 e. The summed E-state index contributed by atoms with van der Waals surface area (Å²) in [5.74, 6) is 3.88. The molecule has 0 aliphatic carbocycles. The molecule has 0 bridgehead atoms. The van der Waals surface area contributed by atoms with E-state index in [1.165, 1.54) is 74.3 Å². The van der Waals surface area contributed by atoms with E-state index in [4.69, 9.17) is 34.3 Å². The second-order valence-corrected chi connectivity index (χ2v) is 25.1. The number of fused-ring (bicyclic) bond motifs is 20. The third-order valence-electron chi connectivity index (χ3n) is 18.5. The SMILES string of the molecule is c1ccc(-c2nc(-c3ccccc3)nc(-c3ccc(-n4c5ccccc5c5c6ccccc6c6c7ccccc7oc6c54)cc3)n2)cc1.c1ccc(-c2nc(-c3ccccc3)nc(-c3ccc(-n4c5ccccc5c5c6ccccc6c6c7ccccc7sc6c54)cc3)n2)cc1. The highest BCUT2D eigenvalue weighted by Crippen LogP contribution is 2.49. The first-order chi connectivity index (χ1) is 47.6. The lowest BCUT2D eigenvalue weighted by atomic mass is 9.99. The molecule has 0 fully saturated rings. The molecule has 20 aromatic rings. The van der Waals surface area contributed by atoms with Gasteiger partial charge in [-0.1, -0.05) is 243 Å². The third-order valence-corrected chi connectivity index (χ3v) is 19.6. The fourth-order valence-corrected chi connectivity index (χ4v) is 15.4. The van der Waals surface area contributed by atoms with Crippen LogP contribution < -0.4 is 0 Å². The quantitative estimate of drug-likeness (QED) is 0.149. The Morgan fingerprint density at radius 3 is 0.990 bits per heavy atom. The number of rotatable bonds is 8. The predicted octanol–water partition coefficient (Wildman–Crippen LogP) is 22.5. The maximum atomic E-state index is 6.72. The molecule has 6 aromatic heterocycles. The maximum absolute atomic E-state index is 6.72. The van der Waals surface area contributed by atoms with E-state index in [1.54, 1.807) is 0 Å². The van der Waals surface area contributed by atoms with Crippen molar-refractivity contribution in [2.45, 2.75) is 0 Å². The monoisotopic (exact) mass is 1240 g/mol. The Morgan fingerprint density at radius 2 is 0.552 bits per heavy atom. The van der Waals surface area contributed by atoms with E-state index in [2.05, 4.69) is 197 Å². The van der Waals surface area contributed by atoms with Crippen LogP contribution in [0.1, 0.15) is 0 Å². The number of benzene rings is 14. The van der Waals surface area contributed by atoms with E-state index in [-0.39, 0.29) is 0 Å². The van der Waals surface area contributed by atoms with Gasteiger partial charge in [0.25, 0.3) is 0 Å². The summed E-state index contributed by atoms with van der Waals surface area (Å²) in [6, 6.07) is 110. The van der Waals surface area contributed by atoms with Crippen molar-refractivity contribution in [3.63, 3.8) is 0 Å². The topological polar surface area (TPSA) is 100 Å². The molecule has 10 heteroatoms. The normalized spacial score (nSPS) is 11.8. The Balaban J connectivity index is 0.000000135. The summed E-state index contributed by atoms with van der Waals surface area (Å²) in [5, 5.41) is 14.8. The first kappa shape index (κ1) is 54.9. The van der Waals surface area contributed by atoms with Crippen LogP contribution in [0.15, 0.2) is 320 Å². The highest BCUT2D eigenvalue weighted by Gasteiger charge is 2.25. The molecule has 6 heterocycles. The number of hydrogen-bond acceptors (Lipinski definition) is 8. The molecule has 14 aromatic carbocycles. The van der Waals surface area contributed by atoms with Gasteiger partial charge in [0.05, 0.1) is 26.8 Å². The summed E-state index contributed by atoms with van der Waals surface area (Å²) in [5.41, 5.74) is 14.2. The van der Waals surface area contributed by atoms with Gasteiger partial charge in [-0.3, -0.25) is 0 Å². The summed E-state index contributed by atoms with van der Waals surface area (Å²) < 4.78 is 14.1. The van der Waals surface area contributed by atoms with E-state index < -0.39 is 0 Å². The van der Waals surface area contributed by atoms with E-state index in [9.17, 15) is 0 Å². The van der Waals surface area contributed by atoms with Crippen LogP contribution in [0.5, 0.6) is 0 Å². The molecule has 96 heavy (non-hydrogen) atoms. The van der Waals surface area contributed by atoms with Crippen molar-refractivity contribution < 1.29 is 4.42 Å². The average Bonchev–Trinajstić information content (AvgIpc) is 1.55. The molecule has 9 nitrogen and oxygen atoms in total. The minimum atomic E-state index is 0.627. The van der Waals surface area contributed by atoms with Gasteiger partial charge in [-0.05, 0) is 94.3 Å². The van der Waals surface area contributed by atoms with Crippen LogP contribution >= 0.6 is 11.3 Å². The fraction of sp³-hybridized carbons (Fsp3) is 0. The van der Waals surface area contributed by atoms with Gasteiger partial charge >= 0.3 is 0 Å². The number of aromatic nitrogens is 8. The van der Waals surface area contributed by atoms with Crippen molar-refractivity contribution in [1.82, 2.24) is 39.0 Å². The van der Waals surface area contributed by atoms with Crippen LogP contribution in [0.25, 0.3) is 187 Å². The van der Waals surface area contributed by atoms with Gasteiger partial charge in [-0.15, -0.1) is 11.3 Å².